The van der Waals surface area contributed by atoms with Crippen LogP contribution in [-0.4, -0.2) is 31.8 Å². The molecular formula is C14H20N4O2S. The van der Waals surface area contributed by atoms with Gasteiger partial charge in [0.2, 0.25) is 10.0 Å². The number of hydrogen-bond acceptors (Lipinski definition) is 4. The van der Waals surface area contributed by atoms with Gasteiger partial charge in [-0.2, -0.15) is 5.10 Å². The second kappa shape index (κ2) is 6.84. The minimum absolute atomic E-state index is 0.323. The summed E-state index contributed by atoms with van der Waals surface area (Å²) < 4.78 is 29.1. The molecule has 0 bridgehead atoms. The third-order valence-electron chi connectivity index (χ3n) is 3.23. The quantitative estimate of drug-likeness (QED) is 0.788. The first-order valence-electron chi connectivity index (χ1n) is 6.73. The van der Waals surface area contributed by atoms with Gasteiger partial charge in [-0.05, 0) is 24.7 Å². The average Bonchev–Trinajstić information content (AvgIpc) is 2.85. The monoisotopic (exact) mass is 308 g/mol. The number of aromatic nitrogens is 2. The Morgan fingerprint density at radius 1 is 1.24 bits per heavy atom. The molecule has 0 atom stereocenters. The van der Waals surface area contributed by atoms with Crippen LogP contribution in [0.4, 0.5) is 0 Å². The fraction of sp³-hybridized carbons (Fsp3) is 0.357. The zero-order chi connectivity index (χ0) is 15.3. The lowest BCUT2D eigenvalue weighted by atomic mass is 10.2. The largest absolute Gasteiger partial charge is 0.316 e. The Labute approximate surface area is 125 Å². The van der Waals surface area contributed by atoms with Crippen LogP contribution in [-0.2, 0) is 30.0 Å². The molecule has 2 aromatic rings. The molecule has 0 radical (unpaired) electrons. The van der Waals surface area contributed by atoms with E-state index >= 15 is 0 Å². The van der Waals surface area contributed by atoms with Crippen LogP contribution in [0.1, 0.15) is 11.3 Å². The number of sulfonamides is 1. The van der Waals surface area contributed by atoms with Crippen LogP contribution in [0.25, 0.3) is 0 Å². The maximum atomic E-state index is 12.4. The summed E-state index contributed by atoms with van der Waals surface area (Å²) >= 11 is 0. The van der Waals surface area contributed by atoms with Gasteiger partial charge >= 0.3 is 0 Å². The predicted octanol–water partition coefficient (Wildman–Crippen LogP) is 0.660. The van der Waals surface area contributed by atoms with Crippen molar-refractivity contribution in [3.05, 3.63) is 47.8 Å². The summed E-state index contributed by atoms with van der Waals surface area (Å²) in [6.45, 7) is 0.856. The molecule has 0 saturated heterocycles. The van der Waals surface area contributed by atoms with Crippen molar-refractivity contribution in [1.29, 1.82) is 0 Å². The molecule has 114 valence electrons. The average molecular weight is 308 g/mol. The number of rotatable bonds is 7. The van der Waals surface area contributed by atoms with Gasteiger partial charge in [-0.15, -0.1) is 0 Å². The van der Waals surface area contributed by atoms with Crippen molar-refractivity contribution in [2.75, 3.05) is 13.6 Å². The summed E-state index contributed by atoms with van der Waals surface area (Å²) in [4.78, 5) is 0.323. The van der Waals surface area contributed by atoms with Crippen molar-refractivity contribution >= 4 is 10.0 Å². The summed E-state index contributed by atoms with van der Waals surface area (Å²) in [6, 6.07) is 8.88. The molecule has 0 amide bonds. The normalized spacial score (nSPS) is 11.7. The molecule has 1 aromatic carbocycles. The highest BCUT2D eigenvalue weighted by Crippen LogP contribution is 2.15. The van der Waals surface area contributed by atoms with E-state index in [2.05, 4.69) is 15.1 Å². The van der Waals surface area contributed by atoms with Crippen molar-refractivity contribution in [3.63, 3.8) is 0 Å². The van der Waals surface area contributed by atoms with Crippen molar-refractivity contribution in [1.82, 2.24) is 19.8 Å². The molecule has 2 N–H and O–H groups in total. The van der Waals surface area contributed by atoms with Crippen LogP contribution in [0.15, 0.2) is 41.4 Å². The second-order valence-electron chi connectivity index (χ2n) is 4.73. The Hall–Kier alpha value is -1.70. The fourth-order valence-corrected chi connectivity index (χ4v) is 3.41. The van der Waals surface area contributed by atoms with Crippen molar-refractivity contribution in [2.45, 2.75) is 17.9 Å². The van der Waals surface area contributed by atoms with Gasteiger partial charge in [-0.1, -0.05) is 18.2 Å². The molecule has 6 nitrogen and oxygen atoms in total. The summed E-state index contributed by atoms with van der Waals surface area (Å²) in [5.74, 6) is 0. The maximum Gasteiger partial charge on any atom is 0.240 e. The summed E-state index contributed by atoms with van der Waals surface area (Å²) in [5, 5.41) is 7.04. The van der Waals surface area contributed by atoms with Gasteiger partial charge in [-0.3, -0.25) is 4.68 Å². The lowest BCUT2D eigenvalue weighted by Crippen LogP contribution is -2.28. The van der Waals surface area contributed by atoms with E-state index < -0.39 is 10.0 Å². The van der Waals surface area contributed by atoms with E-state index in [1.165, 1.54) is 0 Å². The van der Waals surface area contributed by atoms with Gasteiger partial charge in [0.25, 0.3) is 0 Å². The second-order valence-corrected chi connectivity index (χ2v) is 6.47. The standard InChI is InChI=1S/C14H20N4O2S/c1-15-11-12-5-3-4-6-14(12)21(19,20)17-10-8-13-7-9-16-18(13)2/h3-7,9,15,17H,8,10-11H2,1-2H3. The van der Waals surface area contributed by atoms with Crippen molar-refractivity contribution < 1.29 is 8.42 Å². The Kier molecular flexibility index (Phi) is 5.11. The topological polar surface area (TPSA) is 76.0 Å². The van der Waals surface area contributed by atoms with Gasteiger partial charge < -0.3 is 5.32 Å². The highest BCUT2D eigenvalue weighted by Gasteiger charge is 2.17. The first-order valence-corrected chi connectivity index (χ1v) is 8.22. The Balaban J connectivity index is 2.07. The molecule has 1 heterocycles. The van der Waals surface area contributed by atoms with Crippen molar-refractivity contribution in [2.24, 2.45) is 7.05 Å². The Morgan fingerprint density at radius 2 is 2.00 bits per heavy atom. The molecule has 0 fully saturated rings. The fourth-order valence-electron chi connectivity index (χ4n) is 2.14. The molecule has 0 unspecified atom stereocenters. The molecular weight excluding hydrogens is 288 g/mol. The molecule has 0 saturated carbocycles. The van der Waals surface area contributed by atoms with Crippen LogP contribution in [0, 0.1) is 0 Å². The van der Waals surface area contributed by atoms with Crippen LogP contribution in [0.3, 0.4) is 0 Å². The molecule has 0 spiro atoms. The van der Waals surface area contributed by atoms with Crippen LogP contribution in [0.2, 0.25) is 0 Å². The molecule has 0 aliphatic carbocycles. The number of nitrogens with one attached hydrogen (secondary N) is 2. The lowest BCUT2D eigenvalue weighted by molar-refractivity contribution is 0.578. The molecule has 0 aliphatic heterocycles. The number of hydrogen-bond donors (Lipinski definition) is 2. The van der Waals surface area contributed by atoms with Crippen LogP contribution in [0.5, 0.6) is 0 Å². The third kappa shape index (κ3) is 3.90. The molecule has 0 aliphatic rings. The summed E-state index contributed by atoms with van der Waals surface area (Å²) in [7, 11) is 0.131. The van der Waals surface area contributed by atoms with E-state index in [1.54, 1.807) is 30.1 Å². The van der Waals surface area contributed by atoms with Gasteiger partial charge in [0.15, 0.2) is 0 Å². The van der Waals surface area contributed by atoms with Crippen LogP contribution < -0.4 is 10.0 Å². The van der Waals surface area contributed by atoms with Crippen molar-refractivity contribution in [3.8, 4) is 0 Å². The molecule has 7 heteroatoms. The number of aryl methyl sites for hydroxylation is 1. The lowest BCUT2D eigenvalue weighted by Gasteiger charge is -2.11. The number of nitrogens with zero attached hydrogens (tertiary/aromatic N) is 2. The van der Waals surface area contributed by atoms with E-state index in [4.69, 9.17) is 0 Å². The zero-order valence-corrected chi connectivity index (χ0v) is 13.0. The summed E-state index contributed by atoms with van der Waals surface area (Å²) in [5.41, 5.74) is 1.74. The predicted molar refractivity (Wildman–Crippen MR) is 81.3 cm³/mol. The van der Waals surface area contributed by atoms with E-state index in [0.717, 1.165) is 11.3 Å². The Morgan fingerprint density at radius 3 is 2.67 bits per heavy atom. The highest BCUT2D eigenvalue weighted by molar-refractivity contribution is 7.89. The van der Waals surface area contributed by atoms with E-state index in [1.807, 2.05) is 25.2 Å². The minimum Gasteiger partial charge on any atom is -0.316 e. The first-order chi connectivity index (χ1) is 10.0. The van der Waals surface area contributed by atoms with Gasteiger partial charge in [0.05, 0.1) is 4.90 Å². The molecule has 1 aromatic heterocycles. The maximum absolute atomic E-state index is 12.4. The van der Waals surface area contributed by atoms with E-state index in [-0.39, 0.29) is 0 Å². The number of benzene rings is 1. The molecule has 21 heavy (non-hydrogen) atoms. The van der Waals surface area contributed by atoms with E-state index in [0.29, 0.717) is 24.4 Å². The van der Waals surface area contributed by atoms with Gasteiger partial charge in [0.1, 0.15) is 0 Å². The van der Waals surface area contributed by atoms with Crippen LogP contribution >= 0.6 is 0 Å². The Bertz CT molecular complexity index is 695. The molecule has 2 rings (SSSR count). The minimum atomic E-state index is -3.50. The SMILES string of the molecule is CNCc1ccccc1S(=O)(=O)NCCc1ccnn1C. The summed E-state index contributed by atoms with van der Waals surface area (Å²) in [6.07, 6.45) is 2.30. The van der Waals surface area contributed by atoms with Gasteiger partial charge in [0, 0.05) is 38.4 Å². The smallest absolute Gasteiger partial charge is 0.240 e. The first kappa shape index (κ1) is 15.7. The zero-order valence-electron chi connectivity index (χ0n) is 12.2. The third-order valence-corrected chi connectivity index (χ3v) is 4.79. The van der Waals surface area contributed by atoms with Gasteiger partial charge in [-0.25, -0.2) is 13.1 Å². The van der Waals surface area contributed by atoms with E-state index in [9.17, 15) is 8.42 Å². The highest BCUT2D eigenvalue weighted by atomic mass is 32.2.